The number of pyridine rings is 1. The molecule has 126 valence electrons. The summed E-state index contributed by atoms with van der Waals surface area (Å²) >= 11 is 0. The zero-order valence-corrected chi connectivity index (χ0v) is 14.0. The van der Waals surface area contributed by atoms with Crippen LogP contribution >= 0.6 is 0 Å². The Morgan fingerprint density at radius 2 is 2.17 bits per heavy atom. The number of benzene rings is 1. The Hall–Kier alpha value is -2.82. The van der Waals surface area contributed by atoms with Crippen LogP contribution in [-0.2, 0) is 11.3 Å². The molecule has 0 radical (unpaired) electrons. The van der Waals surface area contributed by atoms with Gasteiger partial charge in [-0.15, -0.1) is 0 Å². The number of carbonyl (C=O) groups excluding carboxylic acids is 1. The molecule has 1 aromatic heterocycles. The van der Waals surface area contributed by atoms with E-state index in [1.165, 1.54) is 6.08 Å². The third-order valence-corrected chi connectivity index (χ3v) is 3.27. The number of nitrogens with one attached hydrogen (secondary N) is 1. The van der Waals surface area contributed by atoms with Crippen molar-refractivity contribution in [3.05, 3.63) is 59.9 Å². The Morgan fingerprint density at radius 1 is 1.29 bits per heavy atom. The van der Waals surface area contributed by atoms with Gasteiger partial charge in [-0.3, -0.25) is 9.78 Å². The lowest BCUT2D eigenvalue weighted by molar-refractivity contribution is -0.116. The Balaban J connectivity index is 1.94. The summed E-state index contributed by atoms with van der Waals surface area (Å²) in [5.74, 6) is 1.20. The molecule has 0 saturated carbocycles. The van der Waals surface area contributed by atoms with Gasteiger partial charge in [0.15, 0.2) is 11.5 Å². The maximum Gasteiger partial charge on any atom is 0.244 e. The summed E-state index contributed by atoms with van der Waals surface area (Å²) in [6.45, 7) is 3.14. The number of hydrogen-bond donors (Lipinski definition) is 1. The summed E-state index contributed by atoms with van der Waals surface area (Å²) < 4.78 is 10.9. The average Bonchev–Trinajstić information content (AvgIpc) is 2.64. The molecule has 0 saturated heterocycles. The van der Waals surface area contributed by atoms with E-state index in [9.17, 15) is 4.79 Å². The van der Waals surface area contributed by atoms with Gasteiger partial charge in [-0.1, -0.05) is 19.1 Å². The van der Waals surface area contributed by atoms with Crippen LogP contribution in [0.15, 0.2) is 48.8 Å². The van der Waals surface area contributed by atoms with Crippen molar-refractivity contribution in [2.75, 3.05) is 13.7 Å². The average molecular weight is 326 g/mol. The molecule has 5 heteroatoms. The smallest absolute Gasteiger partial charge is 0.244 e. The molecule has 1 aromatic carbocycles. The minimum atomic E-state index is -0.163. The molecule has 5 nitrogen and oxygen atoms in total. The molecule has 1 N–H and O–H groups in total. The van der Waals surface area contributed by atoms with Crippen LogP contribution in [0, 0.1) is 0 Å². The molecule has 0 unspecified atom stereocenters. The fraction of sp³-hybridized carbons (Fsp3) is 0.263. The molecule has 2 aromatic rings. The van der Waals surface area contributed by atoms with Crippen LogP contribution < -0.4 is 14.8 Å². The first kappa shape index (κ1) is 17.5. The maximum absolute atomic E-state index is 11.9. The zero-order chi connectivity index (χ0) is 17.2. The monoisotopic (exact) mass is 326 g/mol. The SMILES string of the molecule is CCCOc1ccc(/C=C/C(=O)NCc2cccnc2)cc1OC. The first-order chi connectivity index (χ1) is 11.7. The van der Waals surface area contributed by atoms with Crippen LogP contribution in [0.25, 0.3) is 6.08 Å². The van der Waals surface area contributed by atoms with E-state index in [0.29, 0.717) is 24.7 Å². The fourth-order valence-electron chi connectivity index (χ4n) is 2.04. The van der Waals surface area contributed by atoms with E-state index in [0.717, 1.165) is 17.5 Å². The Kier molecular flexibility index (Phi) is 6.83. The summed E-state index contributed by atoms with van der Waals surface area (Å²) in [6, 6.07) is 9.33. The predicted molar refractivity (Wildman–Crippen MR) is 93.9 cm³/mol. The lowest BCUT2D eigenvalue weighted by Gasteiger charge is -2.10. The first-order valence-corrected chi connectivity index (χ1v) is 7.88. The number of ether oxygens (including phenoxy) is 2. The Bertz CT molecular complexity index is 684. The van der Waals surface area contributed by atoms with Crippen molar-refractivity contribution in [2.45, 2.75) is 19.9 Å². The highest BCUT2D eigenvalue weighted by atomic mass is 16.5. The van der Waals surface area contributed by atoms with Crippen molar-refractivity contribution >= 4 is 12.0 Å². The van der Waals surface area contributed by atoms with Gasteiger partial charge in [-0.2, -0.15) is 0 Å². The zero-order valence-electron chi connectivity index (χ0n) is 14.0. The van der Waals surface area contributed by atoms with E-state index >= 15 is 0 Å². The predicted octanol–water partition coefficient (Wildman–Crippen LogP) is 3.21. The van der Waals surface area contributed by atoms with E-state index in [4.69, 9.17) is 9.47 Å². The molecule has 1 amide bonds. The standard InChI is InChI=1S/C19H22N2O3/c1-3-11-24-17-8-6-15(12-18(17)23-2)7-9-19(22)21-14-16-5-4-10-20-13-16/h4-10,12-13H,3,11,14H2,1-2H3,(H,21,22)/b9-7+. The molecular formula is C19H22N2O3. The third-order valence-electron chi connectivity index (χ3n) is 3.27. The number of carbonyl (C=O) groups is 1. The number of amides is 1. The summed E-state index contributed by atoms with van der Waals surface area (Å²) in [5, 5.41) is 2.82. The highest BCUT2D eigenvalue weighted by Crippen LogP contribution is 2.28. The van der Waals surface area contributed by atoms with E-state index in [1.807, 2.05) is 37.3 Å². The molecule has 0 aliphatic rings. The van der Waals surface area contributed by atoms with Crippen LogP contribution in [-0.4, -0.2) is 24.6 Å². The number of aromatic nitrogens is 1. The van der Waals surface area contributed by atoms with E-state index in [2.05, 4.69) is 10.3 Å². The lowest BCUT2D eigenvalue weighted by Crippen LogP contribution is -2.20. The van der Waals surface area contributed by atoms with Crippen molar-refractivity contribution in [3.8, 4) is 11.5 Å². The van der Waals surface area contributed by atoms with Crippen molar-refractivity contribution in [1.29, 1.82) is 0 Å². The Labute approximate surface area is 142 Å². The van der Waals surface area contributed by atoms with Crippen molar-refractivity contribution in [1.82, 2.24) is 10.3 Å². The Morgan fingerprint density at radius 3 is 2.88 bits per heavy atom. The van der Waals surface area contributed by atoms with Crippen LogP contribution in [0.1, 0.15) is 24.5 Å². The van der Waals surface area contributed by atoms with E-state index in [-0.39, 0.29) is 5.91 Å². The lowest BCUT2D eigenvalue weighted by atomic mass is 10.2. The van der Waals surface area contributed by atoms with Crippen molar-refractivity contribution < 1.29 is 14.3 Å². The normalized spacial score (nSPS) is 10.6. The van der Waals surface area contributed by atoms with Gasteiger partial charge < -0.3 is 14.8 Å². The molecule has 0 aliphatic heterocycles. The van der Waals surface area contributed by atoms with Gasteiger partial charge in [0, 0.05) is 25.0 Å². The van der Waals surface area contributed by atoms with Gasteiger partial charge in [-0.25, -0.2) is 0 Å². The van der Waals surface area contributed by atoms with Gasteiger partial charge in [0.2, 0.25) is 5.91 Å². The van der Waals surface area contributed by atoms with Crippen molar-refractivity contribution in [3.63, 3.8) is 0 Å². The molecular weight excluding hydrogens is 304 g/mol. The topological polar surface area (TPSA) is 60.5 Å². The highest BCUT2D eigenvalue weighted by molar-refractivity contribution is 5.91. The second-order valence-corrected chi connectivity index (χ2v) is 5.17. The summed E-state index contributed by atoms with van der Waals surface area (Å²) in [6.07, 6.45) is 7.60. The molecule has 0 bridgehead atoms. The molecule has 24 heavy (non-hydrogen) atoms. The van der Waals surface area contributed by atoms with Crippen LogP contribution in [0.5, 0.6) is 11.5 Å². The van der Waals surface area contributed by atoms with Gasteiger partial charge >= 0.3 is 0 Å². The largest absolute Gasteiger partial charge is 0.493 e. The minimum absolute atomic E-state index is 0.163. The van der Waals surface area contributed by atoms with Crippen LogP contribution in [0.3, 0.4) is 0 Å². The minimum Gasteiger partial charge on any atom is -0.493 e. The van der Waals surface area contributed by atoms with Gasteiger partial charge in [0.1, 0.15) is 0 Å². The second-order valence-electron chi connectivity index (χ2n) is 5.17. The fourth-order valence-corrected chi connectivity index (χ4v) is 2.04. The molecule has 0 aliphatic carbocycles. The first-order valence-electron chi connectivity index (χ1n) is 7.88. The van der Waals surface area contributed by atoms with E-state index in [1.54, 1.807) is 25.6 Å². The molecule has 0 fully saturated rings. The third kappa shape index (κ3) is 5.43. The summed E-state index contributed by atoms with van der Waals surface area (Å²) in [5.41, 5.74) is 1.82. The number of hydrogen-bond acceptors (Lipinski definition) is 4. The van der Waals surface area contributed by atoms with Crippen LogP contribution in [0.4, 0.5) is 0 Å². The number of rotatable bonds is 8. The summed E-state index contributed by atoms with van der Waals surface area (Å²) in [4.78, 5) is 15.9. The second kappa shape index (κ2) is 9.35. The molecule has 0 atom stereocenters. The molecule has 1 heterocycles. The van der Waals surface area contributed by atoms with Gasteiger partial charge in [0.25, 0.3) is 0 Å². The van der Waals surface area contributed by atoms with E-state index < -0.39 is 0 Å². The van der Waals surface area contributed by atoms with Crippen molar-refractivity contribution in [2.24, 2.45) is 0 Å². The molecule has 0 spiro atoms. The highest BCUT2D eigenvalue weighted by Gasteiger charge is 2.04. The number of methoxy groups -OCH3 is 1. The van der Waals surface area contributed by atoms with Crippen LogP contribution in [0.2, 0.25) is 0 Å². The van der Waals surface area contributed by atoms with Gasteiger partial charge in [-0.05, 0) is 41.8 Å². The van der Waals surface area contributed by atoms with Gasteiger partial charge in [0.05, 0.1) is 13.7 Å². The quantitative estimate of drug-likeness (QED) is 0.757. The number of nitrogens with zero attached hydrogens (tertiary/aromatic N) is 1. The maximum atomic E-state index is 11.9. The summed E-state index contributed by atoms with van der Waals surface area (Å²) in [7, 11) is 1.60. The molecule has 2 rings (SSSR count).